The number of carbonyl (C=O) groups is 1. The molecule has 2 aliphatic rings. The number of pyridine rings is 1. The van der Waals surface area contributed by atoms with E-state index in [0.29, 0.717) is 32.1 Å². The summed E-state index contributed by atoms with van der Waals surface area (Å²) in [5.41, 5.74) is 4.50. The third-order valence-corrected chi connectivity index (χ3v) is 7.07. The van der Waals surface area contributed by atoms with E-state index >= 15 is 0 Å². The topological polar surface area (TPSA) is 92.5 Å². The minimum absolute atomic E-state index is 0.124. The molecule has 2 saturated heterocycles. The zero-order chi connectivity index (χ0) is 25.4. The summed E-state index contributed by atoms with van der Waals surface area (Å²) in [6.45, 7) is 7.50. The van der Waals surface area contributed by atoms with Crippen molar-refractivity contribution >= 4 is 28.6 Å². The first-order valence-corrected chi connectivity index (χ1v) is 12.7. The number of aromatic nitrogens is 5. The van der Waals surface area contributed by atoms with Gasteiger partial charge in [0.25, 0.3) is 0 Å². The molecule has 37 heavy (non-hydrogen) atoms. The van der Waals surface area contributed by atoms with Gasteiger partial charge in [-0.15, -0.1) is 0 Å². The minimum Gasteiger partial charge on any atom is -0.378 e. The summed E-state index contributed by atoms with van der Waals surface area (Å²) in [7, 11) is 1.85. The van der Waals surface area contributed by atoms with E-state index in [4.69, 9.17) is 19.7 Å². The fraction of sp³-hybridized carbons (Fsp3) is 0.370. The average Bonchev–Trinajstić information content (AvgIpc) is 3.33. The van der Waals surface area contributed by atoms with Crippen LogP contribution >= 0.6 is 0 Å². The predicted octanol–water partition coefficient (Wildman–Crippen LogP) is 2.69. The van der Waals surface area contributed by atoms with Crippen LogP contribution in [0.2, 0.25) is 0 Å². The van der Waals surface area contributed by atoms with Gasteiger partial charge in [-0.25, -0.2) is 15.0 Å². The Morgan fingerprint density at radius 3 is 2.49 bits per heavy atom. The highest BCUT2D eigenvalue weighted by Gasteiger charge is 2.25. The first-order chi connectivity index (χ1) is 18.1. The zero-order valence-corrected chi connectivity index (χ0v) is 21.2. The van der Waals surface area contributed by atoms with Crippen LogP contribution in [0.1, 0.15) is 6.92 Å². The lowest BCUT2D eigenvalue weighted by molar-refractivity contribution is -0.129. The molecule has 1 aromatic carbocycles. The van der Waals surface area contributed by atoms with Crippen molar-refractivity contribution in [1.82, 2.24) is 29.4 Å². The Morgan fingerprint density at radius 2 is 1.73 bits per heavy atom. The number of fused-ring (bicyclic) bond motifs is 1. The van der Waals surface area contributed by atoms with Gasteiger partial charge < -0.3 is 24.0 Å². The number of rotatable bonds is 5. The van der Waals surface area contributed by atoms with E-state index in [1.807, 2.05) is 37.4 Å². The molecule has 2 fully saturated rings. The van der Waals surface area contributed by atoms with Crippen molar-refractivity contribution in [1.29, 1.82) is 0 Å². The number of hydrogen-bond donors (Lipinski definition) is 0. The maximum Gasteiger partial charge on any atom is 0.241 e. The van der Waals surface area contributed by atoms with Gasteiger partial charge in [-0.1, -0.05) is 12.1 Å². The molecule has 0 unspecified atom stereocenters. The lowest BCUT2D eigenvalue weighted by Gasteiger charge is -2.33. The molecule has 190 valence electrons. The number of likely N-dealkylation sites (N-methyl/N-ethyl adjacent to an activating group) is 1. The van der Waals surface area contributed by atoms with E-state index in [0.717, 1.165) is 65.8 Å². The van der Waals surface area contributed by atoms with Crippen LogP contribution in [0.4, 0.5) is 11.5 Å². The Hall–Kier alpha value is -4.05. The molecule has 10 heteroatoms. The number of piperazine rings is 1. The van der Waals surface area contributed by atoms with Crippen molar-refractivity contribution in [2.24, 2.45) is 0 Å². The summed E-state index contributed by atoms with van der Waals surface area (Å²) in [4.78, 5) is 37.8. The third kappa shape index (κ3) is 4.37. The molecule has 3 aromatic heterocycles. The number of ether oxygens (including phenoxy) is 1. The maximum absolute atomic E-state index is 12.3. The molecular formula is C27H30N8O2. The van der Waals surface area contributed by atoms with Crippen molar-refractivity contribution in [2.75, 3.05) is 62.8 Å². The predicted molar refractivity (Wildman–Crippen MR) is 143 cm³/mol. The van der Waals surface area contributed by atoms with E-state index in [1.54, 1.807) is 17.3 Å². The van der Waals surface area contributed by atoms with Gasteiger partial charge in [0.15, 0.2) is 22.8 Å². The Bertz CT molecular complexity index is 1430. The Kier molecular flexibility index (Phi) is 6.17. The van der Waals surface area contributed by atoms with Crippen LogP contribution in [0, 0.1) is 0 Å². The first-order valence-electron chi connectivity index (χ1n) is 12.7. The van der Waals surface area contributed by atoms with E-state index in [2.05, 4.69) is 32.3 Å². The van der Waals surface area contributed by atoms with Crippen LogP contribution < -0.4 is 9.80 Å². The van der Waals surface area contributed by atoms with Gasteiger partial charge in [0, 0.05) is 69.0 Å². The van der Waals surface area contributed by atoms with Gasteiger partial charge in [0.1, 0.15) is 5.82 Å². The minimum atomic E-state index is 0.124. The summed E-state index contributed by atoms with van der Waals surface area (Å²) in [5, 5.41) is 0. The highest BCUT2D eigenvalue weighted by Crippen LogP contribution is 2.33. The van der Waals surface area contributed by atoms with Crippen molar-refractivity contribution in [3.63, 3.8) is 0 Å². The Morgan fingerprint density at radius 1 is 0.919 bits per heavy atom. The van der Waals surface area contributed by atoms with Crippen molar-refractivity contribution in [2.45, 2.75) is 13.5 Å². The quantitative estimate of drug-likeness (QED) is 0.415. The molecule has 10 nitrogen and oxygen atoms in total. The van der Waals surface area contributed by atoms with Gasteiger partial charge in [0.05, 0.1) is 19.8 Å². The smallest absolute Gasteiger partial charge is 0.241 e. The third-order valence-electron chi connectivity index (χ3n) is 7.07. The second-order valence-electron chi connectivity index (χ2n) is 9.35. The van der Waals surface area contributed by atoms with Crippen LogP contribution in [-0.4, -0.2) is 88.3 Å². The van der Waals surface area contributed by atoms with Gasteiger partial charge in [-0.3, -0.25) is 9.78 Å². The van der Waals surface area contributed by atoms with Crippen LogP contribution in [0.25, 0.3) is 33.9 Å². The highest BCUT2D eigenvalue weighted by atomic mass is 16.5. The van der Waals surface area contributed by atoms with Crippen LogP contribution in [0.15, 0.2) is 48.8 Å². The Labute approximate surface area is 215 Å². The number of carbonyl (C=O) groups excluding carboxylic acids is 1. The lowest BCUT2D eigenvalue weighted by Crippen LogP contribution is -2.48. The van der Waals surface area contributed by atoms with E-state index in [-0.39, 0.29) is 5.91 Å². The van der Waals surface area contributed by atoms with Gasteiger partial charge in [-0.2, -0.15) is 0 Å². The standard InChI is InChI=1S/C27H30N8O2/c1-3-35-25(19-7-9-28-10-8-19)29-23-26(33-13-15-37-16-14-33)30-24(31-27(23)35)20-5-4-6-21(17-20)34-12-11-32(2)22(36)18-34/h4-10,17H,3,11-16,18H2,1-2H3. The molecule has 0 spiro atoms. The second-order valence-corrected chi connectivity index (χ2v) is 9.35. The number of nitrogens with zero attached hydrogens (tertiary/aromatic N) is 8. The van der Waals surface area contributed by atoms with Crippen LogP contribution in [-0.2, 0) is 16.1 Å². The molecule has 0 N–H and O–H groups in total. The summed E-state index contributed by atoms with van der Waals surface area (Å²) >= 11 is 0. The SMILES string of the molecule is CCn1c(-c2ccncc2)nc2c(N3CCOCC3)nc(-c3cccc(N4CCN(C)C(=O)C4)c3)nc21. The van der Waals surface area contributed by atoms with Gasteiger partial charge in [-0.05, 0) is 31.2 Å². The van der Waals surface area contributed by atoms with E-state index in [1.165, 1.54) is 0 Å². The molecular weight excluding hydrogens is 468 g/mol. The number of morpholine rings is 1. The molecule has 0 radical (unpaired) electrons. The second kappa shape index (κ2) is 9.78. The Balaban J connectivity index is 1.49. The number of hydrogen-bond acceptors (Lipinski definition) is 8. The van der Waals surface area contributed by atoms with Crippen molar-refractivity contribution < 1.29 is 9.53 Å². The summed E-state index contributed by atoms with van der Waals surface area (Å²) in [6.07, 6.45) is 3.56. The van der Waals surface area contributed by atoms with Crippen LogP contribution in [0.5, 0.6) is 0 Å². The zero-order valence-electron chi connectivity index (χ0n) is 21.2. The number of imidazole rings is 1. The number of benzene rings is 1. The lowest BCUT2D eigenvalue weighted by atomic mass is 10.1. The van der Waals surface area contributed by atoms with Crippen molar-refractivity contribution in [3.8, 4) is 22.8 Å². The maximum atomic E-state index is 12.3. The molecule has 4 aromatic rings. The normalized spacial score (nSPS) is 16.6. The van der Waals surface area contributed by atoms with Crippen LogP contribution in [0.3, 0.4) is 0 Å². The van der Waals surface area contributed by atoms with Gasteiger partial charge >= 0.3 is 0 Å². The van der Waals surface area contributed by atoms with E-state index < -0.39 is 0 Å². The largest absolute Gasteiger partial charge is 0.378 e. The number of aryl methyl sites for hydroxylation is 1. The fourth-order valence-electron chi connectivity index (χ4n) is 4.95. The molecule has 2 aliphatic heterocycles. The van der Waals surface area contributed by atoms with Gasteiger partial charge in [0.2, 0.25) is 5.91 Å². The fourth-order valence-corrected chi connectivity index (χ4v) is 4.95. The molecule has 0 saturated carbocycles. The summed E-state index contributed by atoms with van der Waals surface area (Å²) in [5.74, 6) is 2.45. The molecule has 0 aliphatic carbocycles. The molecule has 0 bridgehead atoms. The molecule has 5 heterocycles. The summed E-state index contributed by atoms with van der Waals surface area (Å²) in [6, 6.07) is 12.1. The molecule has 0 atom stereocenters. The highest BCUT2D eigenvalue weighted by molar-refractivity contribution is 5.89. The monoisotopic (exact) mass is 498 g/mol. The molecule has 6 rings (SSSR count). The average molecular weight is 499 g/mol. The first kappa shape index (κ1) is 23.4. The van der Waals surface area contributed by atoms with E-state index in [9.17, 15) is 4.79 Å². The molecule has 1 amide bonds. The van der Waals surface area contributed by atoms with Crippen molar-refractivity contribution in [3.05, 3.63) is 48.8 Å². The summed E-state index contributed by atoms with van der Waals surface area (Å²) < 4.78 is 7.75. The number of amides is 1. The number of anilines is 2.